The Morgan fingerprint density at radius 3 is 2.58 bits per heavy atom. The molecule has 0 spiro atoms. The molecule has 0 saturated carbocycles. The normalized spacial score (nSPS) is 9.42. The van der Waals surface area contributed by atoms with Crippen molar-refractivity contribution >= 4 is 11.5 Å². The number of rotatable bonds is 4. The standard InChI is InChI=1S/C9H12N2O/c10-6-9(12)7-11-8-4-2-1-3-5-8/h1-5,11H,6-7,10H2. The van der Waals surface area contributed by atoms with E-state index in [1.165, 1.54) is 0 Å². The molecule has 12 heavy (non-hydrogen) atoms. The third-order valence-corrected chi connectivity index (χ3v) is 1.49. The fraction of sp³-hybridized carbons (Fsp3) is 0.222. The summed E-state index contributed by atoms with van der Waals surface area (Å²) in [4.78, 5) is 10.8. The lowest BCUT2D eigenvalue weighted by Crippen LogP contribution is -2.22. The van der Waals surface area contributed by atoms with Crippen LogP contribution in [0.5, 0.6) is 0 Å². The fourth-order valence-corrected chi connectivity index (χ4v) is 0.829. The number of hydrogen-bond acceptors (Lipinski definition) is 3. The van der Waals surface area contributed by atoms with Gasteiger partial charge in [0.25, 0.3) is 0 Å². The highest BCUT2D eigenvalue weighted by Gasteiger charge is 1.96. The SMILES string of the molecule is NCC(=O)CNc1ccccc1. The zero-order valence-electron chi connectivity index (χ0n) is 6.79. The van der Waals surface area contributed by atoms with Crippen molar-refractivity contribution in [1.82, 2.24) is 0 Å². The summed E-state index contributed by atoms with van der Waals surface area (Å²) < 4.78 is 0. The molecule has 0 aromatic heterocycles. The number of benzene rings is 1. The van der Waals surface area contributed by atoms with Crippen LogP contribution in [0.3, 0.4) is 0 Å². The maximum Gasteiger partial charge on any atom is 0.165 e. The van der Waals surface area contributed by atoms with Crippen LogP contribution in [0.15, 0.2) is 30.3 Å². The van der Waals surface area contributed by atoms with Crippen LogP contribution in [0.2, 0.25) is 0 Å². The van der Waals surface area contributed by atoms with Crippen LogP contribution in [0.4, 0.5) is 5.69 Å². The first-order valence-corrected chi connectivity index (χ1v) is 3.83. The Morgan fingerprint density at radius 2 is 2.00 bits per heavy atom. The van der Waals surface area contributed by atoms with E-state index in [1.54, 1.807) is 0 Å². The van der Waals surface area contributed by atoms with E-state index in [0.717, 1.165) is 5.69 Å². The van der Waals surface area contributed by atoms with Crippen molar-refractivity contribution in [3.8, 4) is 0 Å². The van der Waals surface area contributed by atoms with E-state index in [1.807, 2.05) is 30.3 Å². The van der Waals surface area contributed by atoms with Crippen molar-refractivity contribution in [2.75, 3.05) is 18.4 Å². The molecule has 0 radical (unpaired) electrons. The molecule has 0 saturated heterocycles. The first kappa shape index (κ1) is 8.74. The average molecular weight is 164 g/mol. The summed E-state index contributed by atoms with van der Waals surface area (Å²) in [6, 6.07) is 9.56. The highest BCUT2D eigenvalue weighted by molar-refractivity contribution is 5.84. The highest BCUT2D eigenvalue weighted by atomic mass is 16.1. The predicted molar refractivity (Wildman–Crippen MR) is 49.0 cm³/mol. The molecule has 0 unspecified atom stereocenters. The lowest BCUT2D eigenvalue weighted by molar-refractivity contribution is -0.116. The van der Waals surface area contributed by atoms with Gasteiger partial charge in [-0.3, -0.25) is 4.79 Å². The van der Waals surface area contributed by atoms with Crippen LogP contribution in [0.25, 0.3) is 0 Å². The van der Waals surface area contributed by atoms with Crippen LogP contribution >= 0.6 is 0 Å². The van der Waals surface area contributed by atoms with Crippen molar-refractivity contribution < 1.29 is 4.79 Å². The first-order chi connectivity index (χ1) is 5.83. The van der Waals surface area contributed by atoms with Gasteiger partial charge in [0.05, 0.1) is 13.1 Å². The second-order valence-corrected chi connectivity index (χ2v) is 2.46. The number of carbonyl (C=O) groups excluding carboxylic acids is 1. The zero-order chi connectivity index (χ0) is 8.81. The van der Waals surface area contributed by atoms with Crippen molar-refractivity contribution in [2.24, 2.45) is 5.73 Å². The molecule has 0 amide bonds. The van der Waals surface area contributed by atoms with Crippen LogP contribution in [0.1, 0.15) is 0 Å². The lowest BCUT2D eigenvalue weighted by atomic mass is 10.3. The smallest absolute Gasteiger partial charge is 0.165 e. The minimum Gasteiger partial charge on any atom is -0.378 e. The maximum absolute atomic E-state index is 10.8. The van der Waals surface area contributed by atoms with Crippen LogP contribution in [-0.2, 0) is 4.79 Å². The summed E-state index contributed by atoms with van der Waals surface area (Å²) in [5, 5.41) is 2.97. The molecule has 1 aromatic carbocycles. The first-order valence-electron chi connectivity index (χ1n) is 3.83. The van der Waals surface area contributed by atoms with Gasteiger partial charge in [-0.1, -0.05) is 18.2 Å². The minimum atomic E-state index is 0.0128. The molecular formula is C9H12N2O. The summed E-state index contributed by atoms with van der Waals surface area (Å²) in [5.41, 5.74) is 6.09. The topological polar surface area (TPSA) is 55.1 Å². The zero-order valence-corrected chi connectivity index (χ0v) is 6.79. The summed E-state index contributed by atoms with van der Waals surface area (Å²) >= 11 is 0. The van der Waals surface area contributed by atoms with Gasteiger partial charge in [0.15, 0.2) is 5.78 Å². The average Bonchev–Trinajstić information content (AvgIpc) is 2.16. The Morgan fingerprint density at radius 1 is 1.33 bits per heavy atom. The number of para-hydroxylation sites is 1. The maximum atomic E-state index is 10.8. The molecule has 3 N–H and O–H groups in total. The van der Waals surface area contributed by atoms with E-state index in [4.69, 9.17) is 5.73 Å². The molecule has 1 rings (SSSR count). The molecule has 1 aromatic rings. The van der Waals surface area contributed by atoms with Gasteiger partial charge >= 0.3 is 0 Å². The van der Waals surface area contributed by atoms with E-state index >= 15 is 0 Å². The molecule has 0 aliphatic carbocycles. The molecule has 3 heteroatoms. The summed E-state index contributed by atoms with van der Waals surface area (Å²) in [5.74, 6) is 0.0128. The molecular weight excluding hydrogens is 152 g/mol. The third-order valence-electron chi connectivity index (χ3n) is 1.49. The lowest BCUT2D eigenvalue weighted by Gasteiger charge is -2.02. The van der Waals surface area contributed by atoms with Gasteiger partial charge < -0.3 is 11.1 Å². The van der Waals surface area contributed by atoms with Gasteiger partial charge in [0, 0.05) is 5.69 Å². The second-order valence-electron chi connectivity index (χ2n) is 2.46. The summed E-state index contributed by atoms with van der Waals surface area (Å²) in [7, 11) is 0. The van der Waals surface area contributed by atoms with Crippen molar-refractivity contribution in [2.45, 2.75) is 0 Å². The Balaban J connectivity index is 2.38. The number of ketones is 1. The number of anilines is 1. The number of hydrogen-bond donors (Lipinski definition) is 2. The fourth-order valence-electron chi connectivity index (χ4n) is 0.829. The Labute approximate surface area is 71.6 Å². The Bertz CT molecular complexity index is 246. The summed E-state index contributed by atoms with van der Waals surface area (Å²) in [6.07, 6.45) is 0. The van der Waals surface area contributed by atoms with Gasteiger partial charge in [0.1, 0.15) is 0 Å². The molecule has 0 fully saturated rings. The van der Waals surface area contributed by atoms with Gasteiger partial charge in [-0.2, -0.15) is 0 Å². The number of nitrogens with one attached hydrogen (secondary N) is 1. The molecule has 0 aliphatic rings. The number of Topliss-reactive ketones (excluding diaryl/α,β-unsaturated/α-hetero) is 1. The summed E-state index contributed by atoms with van der Waals surface area (Å²) in [6.45, 7) is 0.403. The van der Waals surface area contributed by atoms with Gasteiger partial charge in [-0.15, -0.1) is 0 Å². The van der Waals surface area contributed by atoms with Crippen molar-refractivity contribution in [3.05, 3.63) is 30.3 Å². The van der Waals surface area contributed by atoms with Crippen molar-refractivity contribution in [1.29, 1.82) is 0 Å². The van der Waals surface area contributed by atoms with Crippen LogP contribution in [0, 0.1) is 0 Å². The van der Waals surface area contributed by atoms with Gasteiger partial charge in [0.2, 0.25) is 0 Å². The second kappa shape index (κ2) is 4.51. The molecule has 0 aliphatic heterocycles. The molecule has 0 bridgehead atoms. The van der Waals surface area contributed by atoms with Gasteiger partial charge in [-0.05, 0) is 12.1 Å². The van der Waals surface area contributed by atoms with Crippen LogP contribution < -0.4 is 11.1 Å². The van der Waals surface area contributed by atoms with Crippen molar-refractivity contribution in [3.63, 3.8) is 0 Å². The van der Waals surface area contributed by atoms with Gasteiger partial charge in [-0.25, -0.2) is 0 Å². The van der Waals surface area contributed by atoms with E-state index < -0.39 is 0 Å². The Hall–Kier alpha value is -1.35. The monoisotopic (exact) mass is 164 g/mol. The van der Waals surface area contributed by atoms with E-state index in [0.29, 0.717) is 6.54 Å². The quantitative estimate of drug-likeness (QED) is 0.686. The number of nitrogens with two attached hydrogens (primary N) is 1. The Kier molecular flexibility index (Phi) is 3.29. The van der Waals surface area contributed by atoms with E-state index in [9.17, 15) is 4.79 Å². The molecule has 0 atom stereocenters. The molecule has 0 heterocycles. The van der Waals surface area contributed by atoms with E-state index in [-0.39, 0.29) is 12.3 Å². The third kappa shape index (κ3) is 2.72. The predicted octanol–water partition coefficient (Wildman–Crippen LogP) is 0.626. The van der Waals surface area contributed by atoms with Crippen LogP contribution in [-0.4, -0.2) is 18.9 Å². The largest absolute Gasteiger partial charge is 0.378 e. The molecule has 64 valence electrons. The highest BCUT2D eigenvalue weighted by Crippen LogP contribution is 2.03. The molecule has 3 nitrogen and oxygen atoms in total. The van der Waals surface area contributed by atoms with E-state index in [2.05, 4.69) is 5.32 Å². The minimum absolute atomic E-state index is 0.0128. The number of carbonyl (C=O) groups is 1.